The van der Waals surface area contributed by atoms with E-state index in [1.165, 1.54) is 29.8 Å². The Morgan fingerprint density at radius 1 is 1.12 bits per heavy atom. The highest BCUT2D eigenvalue weighted by Crippen LogP contribution is 2.51. The van der Waals surface area contributed by atoms with Crippen molar-refractivity contribution in [2.24, 2.45) is 7.05 Å². The molecule has 3 aromatic rings. The quantitative estimate of drug-likeness (QED) is 0.346. The van der Waals surface area contributed by atoms with Gasteiger partial charge in [-0.1, -0.05) is 18.7 Å². The number of hydrogen-bond donors (Lipinski definition) is 0. The highest BCUT2D eigenvalue weighted by molar-refractivity contribution is 5.94. The van der Waals surface area contributed by atoms with Gasteiger partial charge >= 0.3 is 11.2 Å². The van der Waals surface area contributed by atoms with Crippen LogP contribution in [0.15, 0.2) is 41.2 Å². The van der Waals surface area contributed by atoms with Crippen LogP contribution in [0.3, 0.4) is 0 Å². The predicted octanol–water partition coefficient (Wildman–Crippen LogP) is 3.34. The number of halogens is 1. The van der Waals surface area contributed by atoms with Crippen molar-refractivity contribution >= 4 is 28.2 Å². The summed E-state index contributed by atoms with van der Waals surface area (Å²) < 4.78 is 14.6. The van der Waals surface area contributed by atoms with Crippen molar-refractivity contribution in [1.29, 1.82) is 0 Å². The summed E-state index contributed by atoms with van der Waals surface area (Å²) in [5.41, 5.74) is 0.627. The molecule has 0 unspecified atom stereocenters. The van der Waals surface area contributed by atoms with E-state index in [-0.39, 0.29) is 28.4 Å². The molecule has 1 saturated carbocycles. The molecule has 0 N–H and O–H groups in total. The zero-order valence-corrected chi connectivity index (χ0v) is 18.0. The maximum Gasteiger partial charge on any atom is 0.361 e. The molecule has 0 radical (unpaired) electrons. The minimum atomic E-state index is -0.702. The van der Waals surface area contributed by atoms with Crippen LogP contribution >= 0.6 is 0 Å². The average molecular weight is 448 g/mol. The predicted molar refractivity (Wildman–Crippen MR) is 121 cm³/mol. The number of benzene rings is 1. The molecule has 5 rings (SSSR count). The van der Waals surface area contributed by atoms with E-state index in [0.29, 0.717) is 31.7 Å². The number of pyridine rings is 2. The van der Waals surface area contributed by atoms with E-state index in [1.807, 2.05) is 17.0 Å². The summed E-state index contributed by atoms with van der Waals surface area (Å²) in [7, 11) is 1.47. The first-order valence-corrected chi connectivity index (χ1v) is 10.7. The lowest BCUT2D eigenvalue weighted by atomic mass is 10.0. The van der Waals surface area contributed by atoms with Crippen molar-refractivity contribution in [3.8, 4) is 0 Å². The van der Waals surface area contributed by atoms with Crippen molar-refractivity contribution in [3.05, 3.63) is 79.7 Å². The van der Waals surface area contributed by atoms with Gasteiger partial charge in [-0.15, -0.1) is 4.98 Å². The van der Waals surface area contributed by atoms with Crippen molar-refractivity contribution in [1.82, 2.24) is 14.5 Å². The van der Waals surface area contributed by atoms with Gasteiger partial charge in [0.15, 0.2) is 5.69 Å². The van der Waals surface area contributed by atoms with E-state index in [2.05, 4.69) is 14.7 Å². The number of piperazine rings is 1. The van der Waals surface area contributed by atoms with Gasteiger partial charge < -0.3 is 14.3 Å². The first-order valence-electron chi connectivity index (χ1n) is 10.7. The van der Waals surface area contributed by atoms with Gasteiger partial charge in [0.25, 0.3) is 5.82 Å². The number of rotatable bonds is 4. The average Bonchev–Trinajstić information content (AvgIpc) is 3.63. The number of fused-ring (bicyclic) bond motifs is 1. The van der Waals surface area contributed by atoms with Gasteiger partial charge in [0, 0.05) is 38.8 Å². The largest absolute Gasteiger partial charge is 0.361 e. The molecular weight excluding hydrogens is 427 g/mol. The fraction of sp³-hybridized carbons (Fsp3) is 0.348. The summed E-state index contributed by atoms with van der Waals surface area (Å²) in [5.74, 6) is -0.154. The van der Waals surface area contributed by atoms with Crippen LogP contribution in [0.4, 0.5) is 21.6 Å². The SMILES string of the molecule is [C-]#[N+]c1ccc2c(n1)c(N1CCN(C3(c4ccc(F)cc4)CC3)CC1)c([N+](=O)[O-])c(=O)n2C. The lowest BCUT2D eigenvalue weighted by Crippen LogP contribution is -2.51. The van der Waals surface area contributed by atoms with E-state index < -0.39 is 16.2 Å². The molecule has 33 heavy (non-hydrogen) atoms. The lowest BCUT2D eigenvalue weighted by molar-refractivity contribution is -0.385. The second-order valence-electron chi connectivity index (χ2n) is 8.48. The molecule has 0 atom stereocenters. The molecule has 0 amide bonds. The highest BCUT2D eigenvalue weighted by atomic mass is 19.1. The van der Waals surface area contributed by atoms with Gasteiger partial charge in [0.2, 0.25) is 5.52 Å². The third-order valence-electron chi connectivity index (χ3n) is 6.78. The number of aromatic nitrogens is 2. The Bertz CT molecular complexity index is 1370. The summed E-state index contributed by atoms with van der Waals surface area (Å²) in [4.78, 5) is 36.0. The second kappa shape index (κ2) is 7.64. The van der Waals surface area contributed by atoms with Gasteiger partial charge in [0.1, 0.15) is 5.82 Å². The normalized spacial score (nSPS) is 17.7. The van der Waals surface area contributed by atoms with Gasteiger partial charge in [0.05, 0.1) is 10.4 Å². The Balaban J connectivity index is 1.52. The van der Waals surface area contributed by atoms with E-state index in [4.69, 9.17) is 6.57 Å². The number of anilines is 1. The molecule has 2 aliphatic rings. The Labute approximate surface area is 188 Å². The Kier molecular flexibility index (Phi) is 4.87. The molecule has 0 bridgehead atoms. The Morgan fingerprint density at radius 3 is 2.36 bits per heavy atom. The fourth-order valence-electron chi connectivity index (χ4n) is 4.92. The topological polar surface area (TPSA) is 88.9 Å². The third-order valence-corrected chi connectivity index (χ3v) is 6.78. The van der Waals surface area contributed by atoms with Crippen LogP contribution in [0.25, 0.3) is 15.9 Å². The number of hydrogen-bond acceptors (Lipinski definition) is 6. The van der Waals surface area contributed by atoms with Crippen molar-refractivity contribution < 1.29 is 9.31 Å². The van der Waals surface area contributed by atoms with Crippen molar-refractivity contribution in [2.45, 2.75) is 18.4 Å². The van der Waals surface area contributed by atoms with Crippen LogP contribution in [0.1, 0.15) is 18.4 Å². The number of nitrogens with zero attached hydrogens (tertiary/aromatic N) is 6. The standard InChI is InChI=1S/C23H21FN6O3/c1-25-18-8-7-17-19(26-18)20(21(30(32)33)22(31)27(17)2)28-11-13-29(14-12-28)23(9-10-23)15-3-5-16(24)6-4-15/h3-8H,9-14H2,2H3. The van der Waals surface area contributed by atoms with Crippen molar-refractivity contribution in [3.63, 3.8) is 0 Å². The summed E-state index contributed by atoms with van der Waals surface area (Å²) in [6.07, 6.45) is 1.95. The first kappa shape index (κ1) is 21.0. The molecule has 168 valence electrons. The molecule has 1 saturated heterocycles. The van der Waals surface area contributed by atoms with E-state index in [0.717, 1.165) is 18.4 Å². The molecule has 2 aromatic heterocycles. The molecule has 1 aliphatic heterocycles. The molecule has 1 aromatic carbocycles. The molecule has 0 spiro atoms. The molecule has 9 nitrogen and oxygen atoms in total. The van der Waals surface area contributed by atoms with Crippen LogP contribution in [0, 0.1) is 22.5 Å². The van der Waals surface area contributed by atoms with Crippen LogP contribution in [0.5, 0.6) is 0 Å². The van der Waals surface area contributed by atoms with E-state index >= 15 is 0 Å². The fourth-order valence-corrected chi connectivity index (χ4v) is 4.92. The summed E-state index contributed by atoms with van der Waals surface area (Å²) in [6, 6.07) is 9.70. The summed E-state index contributed by atoms with van der Waals surface area (Å²) >= 11 is 0. The Morgan fingerprint density at radius 2 is 1.79 bits per heavy atom. The maximum absolute atomic E-state index is 13.4. The van der Waals surface area contributed by atoms with Crippen molar-refractivity contribution in [2.75, 3.05) is 31.1 Å². The zero-order valence-electron chi connectivity index (χ0n) is 18.0. The van der Waals surface area contributed by atoms with Crippen LogP contribution in [-0.2, 0) is 12.6 Å². The highest BCUT2D eigenvalue weighted by Gasteiger charge is 2.50. The van der Waals surface area contributed by atoms with Crippen LogP contribution in [-0.4, -0.2) is 45.6 Å². The monoisotopic (exact) mass is 448 g/mol. The van der Waals surface area contributed by atoms with Gasteiger partial charge in [-0.25, -0.2) is 4.39 Å². The lowest BCUT2D eigenvalue weighted by Gasteiger charge is -2.40. The van der Waals surface area contributed by atoms with Crippen LogP contribution < -0.4 is 10.5 Å². The second-order valence-corrected chi connectivity index (χ2v) is 8.48. The molecule has 3 heterocycles. The minimum Gasteiger partial charge on any atom is -0.361 e. The van der Waals surface area contributed by atoms with E-state index in [9.17, 15) is 19.3 Å². The molecule has 10 heteroatoms. The number of nitro groups is 1. The summed E-state index contributed by atoms with van der Waals surface area (Å²) in [5, 5.41) is 11.9. The maximum atomic E-state index is 13.4. The molecule has 2 fully saturated rings. The molecular formula is C23H21FN6O3. The molecule has 1 aliphatic carbocycles. The summed E-state index contributed by atoms with van der Waals surface area (Å²) in [6.45, 7) is 9.48. The first-order chi connectivity index (χ1) is 15.9. The number of aryl methyl sites for hydroxylation is 1. The van der Waals surface area contributed by atoms with Gasteiger partial charge in [-0.05, 0) is 42.7 Å². The zero-order chi connectivity index (χ0) is 23.3. The van der Waals surface area contributed by atoms with Gasteiger partial charge in [-0.2, -0.15) is 0 Å². The minimum absolute atomic E-state index is 0.114. The smallest absolute Gasteiger partial charge is 0.361 e. The Hall–Kier alpha value is -3.84. The van der Waals surface area contributed by atoms with E-state index in [1.54, 1.807) is 6.07 Å². The van der Waals surface area contributed by atoms with Gasteiger partial charge in [-0.3, -0.25) is 19.8 Å². The van der Waals surface area contributed by atoms with Crippen LogP contribution in [0.2, 0.25) is 0 Å². The third kappa shape index (κ3) is 3.32.